The molecule has 8 rings (SSSR count). The molecule has 0 radical (unpaired) electrons. The summed E-state index contributed by atoms with van der Waals surface area (Å²) in [6, 6.07) is 41.3. The van der Waals surface area contributed by atoms with E-state index in [0.717, 1.165) is 42.0 Å². The zero-order valence-corrected chi connectivity index (χ0v) is 23.3. The molecule has 0 unspecified atom stereocenters. The Labute approximate surface area is 235 Å². The zero-order chi connectivity index (χ0) is 25.4. The first-order valence-corrected chi connectivity index (χ1v) is 14.1. The average Bonchev–Trinajstić information content (AvgIpc) is 3.48. The molecule has 0 saturated carbocycles. The molecule has 0 aliphatic heterocycles. The van der Waals surface area contributed by atoms with Crippen LogP contribution in [0.25, 0.3) is 71.3 Å². The highest BCUT2D eigenvalue weighted by Gasteiger charge is 2.16. The van der Waals surface area contributed by atoms with Crippen LogP contribution >= 0.6 is 31.9 Å². The third-order valence-corrected chi connectivity index (χ3v) is 8.55. The summed E-state index contributed by atoms with van der Waals surface area (Å²) in [5, 5.41) is 7.18. The third kappa shape index (κ3) is 3.24. The number of aromatic nitrogens is 1. The molecule has 0 fully saturated rings. The molecule has 2 aromatic heterocycles. The van der Waals surface area contributed by atoms with E-state index in [9.17, 15) is 0 Å². The third-order valence-electron chi connectivity index (χ3n) is 7.51. The Bertz CT molecular complexity index is 2220. The van der Waals surface area contributed by atoms with Gasteiger partial charge in [0.05, 0.1) is 21.2 Å². The molecule has 0 N–H and O–H groups in total. The highest BCUT2D eigenvalue weighted by atomic mass is 79.9. The molecule has 0 saturated heterocycles. The van der Waals surface area contributed by atoms with Crippen LogP contribution in [0.3, 0.4) is 0 Å². The second kappa shape index (κ2) is 8.32. The van der Waals surface area contributed by atoms with Gasteiger partial charge in [-0.1, -0.05) is 88.7 Å². The lowest BCUT2D eigenvalue weighted by Gasteiger charge is -2.12. The quantitative estimate of drug-likeness (QED) is 0.189. The molecule has 0 amide bonds. The number of para-hydroxylation sites is 1. The molecule has 38 heavy (non-hydrogen) atoms. The van der Waals surface area contributed by atoms with Crippen LogP contribution < -0.4 is 0 Å². The molecular formula is C34H19Br2NO. The SMILES string of the molecule is Brc1cc(Br)c2oc3cc(-c4ccc5c6ccccc6n(-c6cccc7ccccc67)c5c4)ccc3c2c1. The van der Waals surface area contributed by atoms with Crippen molar-refractivity contribution in [2.24, 2.45) is 0 Å². The molecule has 8 aromatic rings. The van der Waals surface area contributed by atoms with Crippen LogP contribution in [-0.4, -0.2) is 4.57 Å². The van der Waals surface area contributed by atoms with Crippen molar-refractivity contribution in [3.05, 3.63) is 124 Å². The van der Waals surface area contributed by atoms with E-state index >= 15 is 0 Å². The van der Waals surface area contributed by atoms with Gasteiger partial charge in [0.25, 0.3) is 0 Å². The van der Waals surface area contributed by atoms with Crippen LogP contribution in [-0.2, 0) is 0 Å². The fourth-order valence-electron chi connectivity index (χ4n) is 5.80. The molecule has 180 valence electrons. The van der Waals surface area contributed by atoms with Crippen molar-refractivity contribution in [1.29, 1.82) is 0 Å². The van der Waals surface area contributed by atoms with E-state index in [0.29, 0.717) is 0 Å². The predicted molar refractivity (Wildman–Crippen MR) is 166 cm³/mol. The summed E-state index contributed by atoms with van der Waals surface area (Å²) < 4.78 is 10.7. The molecule has 0 spiro atoms. The fourth-order valence-corrected chi connectivity index (χ4v) is 7.10. The number of rotatable bonds is 2. The number of benzene rings is 6. The van der Waals surface area contributed by atoms with Gasteiger partial charge in [0.15, 0.2) is 0 Å². The summed E-state index contributed by atoms with van der Waals surface area (Å²) in [4.78, 5) is 0. The lowest BCUT2D eigenvalue weighted by molar-refractivity contribution is 0.667. The van der Waals surface area contributed by atoms with E-state index in [-0.39, 0.29) is 0 Å². The lowest BCUT2D eigenvalue weighted by atomic mass is 10.0. The van der Waals surface area contributed by atoms with Crippen molar-refractivity contribution in [1.82, 2.24) is 4.57 Å². The summed E-state index contributed by atoms with van der Waals surface area (Å²) in [6.45, 7) is 0. The van der Waals surface area contributed by atoms with Crippen molar-refractivity contribution < 1.29 is 4.42 Å². The normalized spacial score (nSPS) is 11.9. The Balaban J connectivity index is 1.40. The van der Waals surface area contributed by atoms with E-state index in [1.54, 1.807) is 0 Å². The van der Waals surface area contributed by atoms with Crippen molar-refractivity contribution in [3.8, 4) is 16.8 Å². The van der Waals surface area contributed by atoms with Crippen molar-refractivity contribution in [2.45, 2.75) is 0 Å². The molecule has 4 heteroatoms. The minimum Gasteiger partial charge on any atom is -0.455 e. The summed E-state index contributed by atoms with van der Waals surface area (Å²) >= 11 is 7.26. The second-order valence-corrected chi connectivity index (χ2v) is 11.4. The van der Waals surface area contributed by atoms with E-state index in [4.69, 9.17) is 4.42 Å². The van der Waals surface area contributed by atoms with Gasteiger partial charge in [0.1, 0.15) is 11.2 Å². The number of halogens is 2. The van der Waals surface area contributed by atoms with Gasteiger partial charge < -0.3 is 8.98 Å². The minimum absolute atomic E-state index is 0.867. The van der Waals surface area contributed by atoms with Gasteiger partial charge in [-0.05, 0) is 74.9 Å². The Morgan fingerprint density at radius 2 is 1.24 bits per heavy atom. The van der Waals surface area contributed by atoms with Gasteiger partial charge in [-0.3, -0.25) is 0 Å². The maximum atomic E-state index is 6.30. The number of fused-ring (bicyclic) bond motifs is 7. The molecule has 6 aromatic carbocycles. The van der Waals surface area contributed by atoms with Crippen LogP contribution in [0.2, 0.25) is 0 Å². The molecule has 2 heterocycles. The van der Waals surface area contributed by atoms with Gasteiger partial charge in [0.2, 0.25) is 0 Å². The maximum Gasteiger partial charge on any atom is 0.149 e. The predicted octanol–water partition coefficient (Wildman–Crippen LogP) is 11.0. The van der Waals surface area contributed by atoms with E-state index in [1.165, 1.54) is 38.3 Å². The van der Waals surface area contributed by atoms with Gasteiger partial charge >= 0.3 is 0 Å². The molecule has 0 atom stereocenters. The topological polar surface area (TPSA) is 18.1 Å². The number of furan rings is 1. The van der Waals surface area contributed by atoms with E-state index in [2.05, 4.69) is 146 Å². The monoisotopic (exact) mass is 615 g/mol. The molecular weight excluding hydrogens is 598 g/mol. The maximum absolute atomic E-state index is 6.30. The number of hydrogen-bond acceptors (Lipinski definition) is 1. The Morgan fingerprint density at radius 3 is 2.13 bits per heavy atom. The van der Waals surface area contributed by atoms with Gasteiger partial charge in [0, 0.05) is 31.4 Å². The minimum atomic E-state index is 0.867. The van der Waals surface area contributed by atoms with Crippen LogP contribution in [0.5, 0.6) is 0 Å². The van der Waals surface area contributed by atoms with Crippen molar-refractivity contribution in [3.63, 3.8) is 0 Å². The fraction of sp³-hybridized carbons (Fsp3) is 0. The smallest absolute Gasteiger partial charge is 0.149 e. The van der Waals surface area contributed by atoms with E-state index < -0.39 is 0 Å². The van der Waals surface area contributed by atoms with Gasteiger partial charge in [-0.15, -0.1) is 0 Å². The highest BCUT2D eigenvalue weighted by Crippen LogP contribution is 2.40. The van der Waals surface area contributed by atoms with Gasteiger partial charge in [-0.25, -0.2) is 0 Å². The summed E-state index contributed by atoms with van der Waals surface area (Å²) in [5.41, 5.74) is 7.62. The Kier molecular flexibility index (Phi) is 4.85. The second-order valence-electron chi connectivity index (χ2n) is 9.66. The average molecular weight is 617 g/mol. The summed E-state index contributed by atoms with van der Waals surface area (Å²) in [5.74, 6) is 0. The summed E-state index contributed by atoms with van der Waals surface area (Å²) in [7, 11) is 0. The number of hydrogen-bond donors (Lipinski definition) is 0. The molecule has 0 aliphatic rings. The Morgan fingerprint density at radius 1 is 0.526 bits per heavy atom. The van der Waals surface area contributed by atoms with Crippen LogP contribution in [0, 0.1) is 0 Å². The molecule has 2 nitrogen and oxygen atoms in total. The van der Waals surface area contributed by atoms with E-state index in [1.807, 2.05) is 6.07 Å². The largest absolute Gasteiger partial charge is 0.455 e. The zero-order valence-electron chi connectivity index (χ0n) is 20.1. The molecule has 0 aliphatic carbocycles. The molecule has 0 bridgehead atoms. The summed E-state index contributed by atoms with van der Waals surface area (Å²) in [6.07, 6.45) is 0. The Hall–Kier alpha value is -3.86. The standard InChI is InChI=1S/C34H19Br2NO/c35-23-18-28-27-15-13-22(17-33(27)38-34(28)29(36)19-23)21-12-14-26-25-9-3-4-10-31(25)37(32(26)16-21)30-11-5-7-20-6-1-2-8-24(20)30/h1-19H. The first kappa shape index (κ1) is 22.2. The van der Waals surface area contributed by atoms with Crippen LogP contribution in [0.15, 0.2) is 129 Å². The lowest BCUT2D eigenvalue weighted by Crippen LogP contribution is -1.95. The first-order valence-electron chi connectivity index (χ1n) is 12.5. The highest BCUT2D eigenvalue weighted by molar-refractivity contribution is 9.11. The van der Waals surface area contributed by atoms with Crippen molar-refractivity contribution >= 4 is 86.4 Å². The van der Waals surface area contributed by atoms with Crippen molar-refractivity contribution in [2.75, 3.05) is 0 Å². The van der Waals surface area contributed by atoms with Crippen LogP contribution in [0.4, 0.5) is 0 Å². The first-order chi connectivity index (χ1) is 18.7. The number of nitrogens with zero attached hydrogens (tertiary/aromatic N) is 1. The van der Waals surface area contributed by atoms with Gasteiger partial charge in [-0.2, -0.15) is 0 Å². The van der Waals surface area contributed by atoms with Crippen LogP contribution in [0.1, 0.15) is 0 Å².